The number of alkyl halides is 3. The average Bonchev–Trinajstić information content (AvgIpc) is 2.83. The van der Waals surface area contributed by atoms with Crippen molar-refractivity contribution in [1.82, 2.24) is 20.4 Å². The van der Waals surface area contributed by atoms with Crippen LogP contribution in [-0.2, 0) is 11.3 Å². The number of nitrogens with one attached hydrogen (secondary N) is 3. The molecule has 0 saturated heterocycles. The molecule has 3 heterocycles. The predicted octanol–water partition coefficient (Wildman–Crippen LogP) is 1.53. The normalized spacial score (nSPS) is 23.2. The molecule has 0 amide bonds. The second kappa shape index (κ2) is 7.23. The first-order chi connectivity index (χ1) is 12.3. The van der Waals surface area contributed by atoms with Gasteiger partial charge in [0.05, 0.1) is 10.7 Å². The summed E-state index contributed by atoms with van der Waals surface area (Å²) >= 11 is 6.11. The highest BCUT2D eigenvalue weighted by Crippen LogP contribution is 2.31. The Hall–Kier alpha value is -2.14. The SMILES string of the molecule is COC1CNC2=NC(NC=C2Cl)Nc2c(nn(CC(F)(F)F)c2C)OC1. The van der Waals surface area contributed by atoms with E-state index < -0.39 is 19.0 Å². The minimum Gasteiger partial charge on any atom is -0.472 e. The number of ether oxygens (including phenoxy) is 2. The minimum atomic E-state index is -4.40. The Kier molecular flexibility index (Phi) is 5.19. The Balaban J connectivity index is 1.95. The summed E-state index contributed by atoms with van der Waals surface area (Å²) in [6.45, 7) is 0.747. The van der Waals surface area contributed by atoms with Crippen molar-refractivity contribution in [2.75, 3.05) is 25.6 Å². The first kappa shape index (κ1) is 18.6. The lowest BCUT2D eigenvalue weighted by Gasteiger charge is -2.22. The van der Waals surface area contributed by atoms with Gasteiger partial charge in [-0.1, -0.05) is 11.6 Å². The third-order valence-electron chi connectivity index (χ3n) is 3.87. The second-order valence-corrected chi connectivity index (χ2v) is 6.18. The van der Waals surface area contributed by atoms with Gasteiger partial charge in [0.25, 0.3) is 5.88 Å². The summed E-state index contributed by atoms with van der Waals surface area (Å²) in [5.41, 5.74) is 0.593. The molecule has 1 aromatic rings. The number of methoxy groups -OCH3 is 1. The summed E-state index contributed by atoms with van der Waals surface area (Å²) in [5.74, 6) is 0.489. The first-order valence-corrected chi connectivity index (χ1v) is 8.14. The zero-order chi connectivity index (χ0) is 18.9. The molecular weight excluding hydrogens is 377 g/mol. The number of halogens is 4. The molecule has 8 nitrogen and oxygen atoms in total. The molecule has 1 aromatic heterocycles. The molecular formula is C14H18ClF3N6O2. The molecule has 3 N–H and O–H groups in total. The third-order valence-corrected chi connectivity index (χ3v) is 4.16. The molecule has 0 aromatic carbocycles. The fourth-order valence-corrected chi connectivity index (χ4v) is 2.67. The summed E-state index contributed by atoms with van der Waals surface area (Å²) in [6, 6.07) is 0. The van der Waals surface area contributed by atoms with Gasteiger partial charge in [0.15, 0.2) is 6.29 Å². The van der Waals surface area contributed by atoms with Crippen LogP contribution in [0.15, 0.2) is 16.2 Å². The van der Waals surface area contributed by atoms with Gasteiger partial charge >= 0.3 is 6.18 Å². The van der Waals surface area contributed by atoms with Crippen LogP contribution < -0.4 is 20.7 Å². The van der Waals surface area contributed by atoms with Gasteiger partial charge in [-0.05, 0) is 6.92 Å². The Morgan fingerprint density at radius 3 is 2.92 bits per heavy atom. The molecule has 2 aliphatic rings. The van der Waals surface area contributed by atoms with Crippen molar-refractivity contribution in [3.63, 3.8) is 0 Å². The van der Waals surface area contributed by atoms with E-state index >= 15 is 0 Å². The lowest BCUT2D eigenvalue weighted by molar-refractivity contribution is -0.143. The zero-order valence-corrected chi connectivity index (χ0v) is 14.8. The maximum Gasteiger partial charge on any atom is 0.408 e. The van der Waals surface area contributed by atoms with Gasteiger partial charge in [-0.2, -0.15) is 13.2 Å². The van der Waals surface area contributed by atoms with E-state index in [1.807, 2.05) is 0 Å². The van der Waals surface area contributed by atoms with Crippen LogP contribution >= 0.6 is 11.6 Å². The number of hydrogen-bond donors (Lipinski definition) is 3. The van der Waals surface area contributed by atoms with Crippen molar-refractivity contribution in [2.24, 2.45) is 4.99 Å². The summed E-state index contributed by atoms with van der Waals surface area (Å²) in [4.78, 5) is 4.37. The molecule has 2 unspecified atom stereocenters. The quantitative estimate of drug-likeness (QED) is 0.705. The average molecular weight is 395 g/mol. The third kappa shape index (κ3) is 4.15. The van der Waals surface area contributed by atoms with E-state index in [-0.39, 0.29) is 24.3 Å². The number of anilines is 1. The highest BCUT2D eigenvalue weighted by atomic mass is 35.5. The number of fused-ring (bicyclic) bond motifs is 2. The van der Waals surface area contributed by atoms with Crippen LogP contribution in [-0.4, -0.2) is 54.4 Å². The van der Waals surface area contributed by atoms with Crippen LogP contribution in [0.4, 0.5) is 18.9 Å². The Morgan fingerprint density at radius 2 is 2.23 bits per heavy atom. The van der Waals surface area contributed by atoms with E-state index in [0.717, 1.165) is 4.68 Å². The summed E-state index contributed by atoms with van der Waals surface area (Å²) < 4.78 is 50.1. The van der Waals surface area contributed by atoms with Crippen LogP contribution in [0.1, 0.15) is 5.69 Å². The number of amidine groups is 1. The topological polar surface area (TPSA) is 84.7 Å². The Bertz CT molecular complexity index is 733. The van der Waals surface area contributed by atoms with Gasteiger partial charge < -0.3 is 25.4 Å². The second-order valence-electron chi connectivity index (χ2n) is 5.77. The van der Waals surface area contributed by atoms with Crippen LogP contribution in [0.2, 0.25) is 0 Å². The molecule has 144 valence electrons. The van der Waals surface area contributed by atoms with E-state index in [0.29, 0.717) is 23.1 Å². The van der Waals surface area contributed by atoms with Gasteiger partial charge in [-0.3, -0.25) is 4.68 Å². The molecule has 3 rings (SSSR count). The van der Waals surface area contributed by atoms with E-state index in [1.165, 1.54) is 14.0 Å². The summed E-state index contributed by atoms with van der Waals surface area (Å²) in [5, 5.41) is 13.3. The van der Waals surface area contributed by atoms with Crippen molar-refractivity contribution in [3.8, 4) is 5.88 Å². The molecule has 0 radical (unpaired) electrons. The smallest absolute Gasteiger partial charge is 0.408 e. The van der Waals surface area contributed by atoms with Crippen LogP contribution in [0, 0.1) is 6.92 Å². The van der Waals surface area contributed by atoms with Gasteiger partial charge in [-0.25, -0.2) is 4.99 Å². The number of rotatable bonds is 2. The molecule has 2 atom stereocenters. The zero-order valence-electron chi connectivity index (χ0n) is 14.0. The molecule has 0 fully saturated rings. The predicted molar refractivity (Wildman–Crippen MR) is 89.2 cm³/mol. The van der Waals surface area contributed by atoms with Crippen LogP contribution in [0.3, 0.4) is 0 Å². The molecule has 0 aliphatic carbocycles. The molecule has 2 aliphatic heterocycles. The summed E-state index contributed by atoms with van der Waals surface area (Å²) in [7, 11) is 1.51. The van der Waals surface area contributed by atoms with Gasteiger partial charge in [0.1, 0.15) is 30.8 Å². The Morgan fingerprint density at radius 1 is 1.46 bits per heavy atom. The highest BCUT2D eigenvalue weighted by molar-refractivity contribution is 6.43. The lowest BCUT2D eigenvalue weighted by Crippen LogP contribution is -2.41. The Labute approximate surface area is 152 Å². The number of nitrogens with zero attached hydrogens (tertiary/aromatic N) is 3. The largest absolute Gasteiger partial charge is 0.472 e. The monoisotopic (exact) mass is 394 g/mol. The van der Waals surface area contributed by atoms with Gasteiger partial charge in [-0.15, -0.1) is 5.10 Å². The molecule has 26 heavy (non-hydrogen) atoms. The maximum atomic E-state index is 12.8. The van der Waals surface area contributed by atoms with Gasteiger partial charge in [0.2, 0.25) is 0 Å². The molecule has 0 saturated carbocycles. The number of aromatic nitrogens is 2. The number of aliphatic imine (C=N–C) groups is 1. The summed E-state index contributed by atoms with van der Waals surface area (Å²) in [6.07, 6.45) is -3.89. The van der Waals surface area contributed by atoms with Crippen LogP contribution in [0.25, 0.3) is 0 Å². The fourth-order valence-electron chi connectivity index (χ4n) is 2.49. The van der Waals surface area contributed by atoms with E-state index in [1.54, 1.807) is 6.20 Å². The van der Waals surface area contributed by atoms with Crippen molar-refractivity contribution < 1.29 is 22.6 Å². The van der Waals surface area contributed by atoms with Crippen molar-refractivity contribution in [2.45, 2.75) is 32.0 Å². The van der Waals surface area contributed by atoms with E-state index in [9.17, 15) is 13.2 Å². The highest BCUT2D eigenvalue weighted by Gasteiger charge is 2.32. The molecule has 12 heteroatoms. The standard InChI is InChI=1S/C14H18ClF3N6O2/c1-7-10-12(23-24(7)6-14(16,17)18)26-5-8(25-2)3-19-11-9(15)4-20-13(21-10)22-11/h4,8,13,20-21H,3,5-6H2,1-2H3,(H,19,22). The first-order valence-electron chi connectivity index (χ1n) is 7.77. The van der Waals surface area contributed by atoms with Crippen molar-refractivity contribution in [1.29, 1.82) is 0 Å². The number of hydrogen-bond acceptors (Lipinski definition) is 7. The molecule has 2 bridgehead atoms. The fraction of sp³-hybridized carbons (Fsp3) is 0.571. The van der Waals surface area contributed by atoms with Crippen molar-refractivity contribution >= 4 is 23.1 Å². The maximum absolute atomic E-state index is 12.8. The molecule has 0 spiro atoms. The van der Waals surface area contributed by atoms with Crippen molar-refractivity contribution in [3.05, 3.63) is 16.9 Å². The minimum absolute atomic E-state index is 0.0508. The van der Waals surface area contributed by atoms with E-state index in [2.05, 4.69) is 26.0 Å². The van der Waals surface area contributed by atoms with Crippen LogP contribution in [0.5, 0.6) is 5.88 Å². The van der Waals surface area contributed by atoms with Gasteiger partial charge in [0, 0.05) is 19.9 Å². The van der Waals surface area contributed by atoms with E-state index in [4.69, 9.17) is 21.1 Å². The lowest BCUT2D eigenvalue weighted by atomic mass is 10.3.